The first-order valence-corrected chi connectivity index (χ1v) is 6.45. The van der Waals surface area contributed by atoms with Gasteiger partial charge in [0, 0.05) is 5.39 Å². The van der Waals surface area contributed by atoms with Crippen molar-refractivity contribution in [2.45, 2.75) is 24.0 Å². The first-order valence-electron chi connectivity index (χ1n) is 5.63. The molecule has 0 spiro atoms. The second-order valence-electron chi connectivity index (χ2n) is 4.19. The van der Waals surface area contributed by atoms with E-state index in [1.54, 1.807) is 0 Å². The molecule has 1 N–H and O–H groups in total. The second-order valence-corrected chi connectivity index (χ2v) is 5.20. The van der Waals surface area contributed by atoms with Crippen LogP contribution in [-0.2, 0) is 0 Å². The third-order valence-corrected chi connectivity index (χ3v) is 3.55. The normalized spacial score (nSPS) is 11.0. The summed E-state index contributed by atoms with van der Waals surface area (Å²) >= 11 is 1.49. The summed E-state index contributed by atoms with van der Waals surface area (Å²) in [5, 5.41) is 9.55. The third-order valence-electron chi connectivity index (χ3n) is 2.74. The summed E-state index contributed by atoms with van der Waals surface area (Å²) in [6, 6.07) is 8.38. The fourth-order valence-corrected chi connectivity index (χ4v) is 2.65. The van der Waals surface area contributed by atoms with Crippen LogP contribution in [0.5, 0.6) is 0 Å². The molecular weight excluding hydrogens is 244 g/mol. The van der Waals surface area contributed by atoms with Crippen LogP contribution >= 0.6 is 11.8 Å². The first-order chi connectivity index (χ1) is 8.72. The lowest BCUT2D eigenvalue weighted by Crippen LogP contribution is -1.88. The molecule has 1 aromatic carbocycles. The van der Waals surface area contributed by atoms with Gasteiger partial charge in [0.1, 0.15) is 11.4 Å². The van der Waals surface area contributed by atoms with Crippen molar-refractivity contribution in [3.05, 3.63) is 41.7 Å². The molecule has 0 radical (unpaired) electrons. The zero-order valence-electron chi connectivity index (χ0n) is 10.1. The maximum atomic E-state index is 4.63. The molecular formula is C13H12N4S. The molecule has 0 saturated heterocycles. The highest BCUT2D eigenvalue weighted by atomic mass is 32.2. The predicted molar refractivity (Wildman–Crippen MR) is 71.7 cm³/mol. The lowest BCUT2D eigenvalue weighted by molar-refractivity contribution is 0.968. The van der Waals surface area contributed by atoms with Crippen LogP contribution in [0, 0.1) is 13.8 Å². The van der Waals surface area contributed by atoms with Gasteiger partial charge in [-0.15, -0.1) is 0 Å². The quantitative estimate of drug-likeness (QED) is 0.765. The number of pyridine rings is 1. The number of fused-ring (bicyclic) bond motifs is 1. The number of nitrogens with one attached hydrogen (secondary N) is 1. The number of nitrogens with zero attached hydrogens (tertiary/aromatic N) is 3. The van der Waals surface area contributed by atoms with Gasteiger partial charge >= 0.3 is 0 Å². The molecule has 0 fully saturated rings. The number of aromatic nitrogens is 4. The van der Waals surface area contributed by atoms with Crippen molar-refractivity contribution in [3.8, 4) is 0 Å². The first kappa shape index (κ1) is 11.2. The van der Waals surface area contributed by atoms with E-state index in [1.165, 1.54) is 34.6 Å². The fraction of sp³-hybridized carbons (Fsp3) is 0.154. The van der Waals surface area contributed by atoms with Crippen LogP contribution < -0.4 is 0 Å². The molecule has 0 aliphatic carbocycles. The molecule has 2 aromatic heterocycles. The number of hydrogen-bond acceptors (Lipinski definition) is 4. The van der Waals surface area contributed by atoms with Crippen molar-refractivity contribution in [1.29, 1.82) is 0 Å². The molecule has 4 nitrogen and oxygen atoms in total. The van der Waals surface area contributed by atoms with Gasteiger partial charge in [0.05, 0.1) is 5.52 Å². The summed E-state index contributed by atoms with van der Waals surface area (Å²) in [5.41, 5.74) is 3.50. The van der Waals surface area contributed by atoms with Gasteiger partial charge in [-0.2, -0.15) is 5.10 Å². The average Bonchev–Trinajstić information content (AvgIpc) is 2.83. The molecule has 0 saturated carbocycles. The summed E-state index contributed by atoms with van der Waals surface area (Å²) in [4.78, 5) is 8.72. The SMILES string of the molecule is Cc1ccc2nc(Sc3ncn[nH]3)cc(C)c2c1. The third kappa shape index (κ3) is 2.09. The molecule has 3 aromatic rings. The van der Waals surface area contributed by atoms with Crippen molar-refractivity contribution < 1.29 is 0 Å². The summed E-state index contributed by atoms with van der Waals surface area (Å²) in [5.74, 6) is 0. The van der Waals surface area contributed by atoms with Gasteiger partial charge in [-0.1, -0.05) is 11.6 Å². The maximum absolute atomic E-state index is 4.63. The lowest BCUT2D eigenvalue weighted by Gasteiger charge is -2.05. The minimum Gasteiger partial charge on any atom is -0.254 e. The lowest BCUT2D eigenvalue weighted by atomic mass is 10.1. The topological polar surface area (TPSA) is 54.5 Å². The molecule has 0 bridgehead atoms. The average molecular weight is 256 g/mol. The molecule has 0 aliphatic heterocycles. The van der Waals surface area contributed by atoms with E-state index in [-0.39, 0.29) is 0 Å². The van der Waals surface area contributed by atoms with Crippen LogP contribution in [0.25, 0.3) is 10.9 Å². The van der Waals surface area contributed by atoms with Gasteiger partial charge in [0.25, 0.3) is 0 Å². The number of aromatic amines is 1. The number of rotatable bonds is 2. The van der Waals surface area contributed by atoms with Gasteiger partial charge in [0.15, 0.2) is 5.16 Å². The Labute approximate surface area is 109 Å². The molecule has 3 rings (SSSR count). The van der Waals surface area contributed by atoms with Crippen LogP contribution in [0.1, 0.15) is 11.1 Å². The van der Waals surface area contributed by atoms with E-state index in [0.29, 0.717) is 0 Å². The van der Waals surface area contributed by atoms with Crippen molar-refractivity contribution >= 4 is 22.7 Å². The van der Waals surface area contributed by atoms with Crippen LogP contribution in [0.2, 0.25) is 0 Å². The molecule has 90 valence electrons. The van der Waals surface area contributed by atoms with Crippen molar-refractivity contribution in [2.75, 3.05) is 0 Å². The smallest absolute Gasteiger partial charge is 0.189 e. The van der Waals surface area contributed by atoms with Crippen LogP contribution in [-0.4, -0.2) is 20.2 Å². The molecule has 0 atom stereocenters. The van der Waals surface area contributed by atoms with E-state index in [1.807, 2.05) is 0 Å². The Balaban J connectivity index is 2.07. The van der Waals surface area contributed by atoms with Crippen molar-refractivity contribution in [2.24, 2.45) is 0 Å². The molecule has 0 aliphatic rings. The summed E-state index contributed by atoms with van der Waals surface area (Å²) in [7, 11) is 0. The number of benzene rings is 1. The van der Waals surface area contributed by atoms with E-state index < -0.39 is 0 Å². The second kappa shape index (κ2) is 4.42. The van der Waals surface area contributed by atoms with Gasteiger partial charge in [0.2, 0.25) is 0 Å². The van der Waals surface area contributed by atoms with E-state index in [9.17, 15) is 0 Å². The Morgan fingerprint density at radius 3 is 2.83 bits per heavy atom. The zero-order valence-corrected chi connectivity index (χ0v) is 11.0. The fourth-order valence-electron chi connectivity index (χ4n) is 1.87. The number of H-pyrrole nitrogens is 1. The summed E-state index contributed by atoms with van der Waals surface area (Å²) < 4.78 is 0. The molecule has 0 unspecified atom stereocenters. The van der Waals surface area contributed by atoms with E-state index in [2.05, 4.69) is 58.3 Å². The van der Waals surface area contributed by atoms with Crippen LogP contribution in [0.3, 0.4) is 0 Å². The van der Waals surface area contributed by atoms with Crippen LogP contribution in [0.4, 0.5) is 0 Å². The standard InChI is InChI=1S/C13H12N4S/c1-8-3-4-11-10(5-8)9(2)6-12(16-11)18-13-14-7-15-17-13/h3-7H,1-2H3,(H,14,15,17). The van der Waals surface area contributed by atoms with Gasteiger partial charge in [-0.3, -0.25) is 5.10 Å². The van der Waals surface area contributed by atoms with Gasteiger partial charge in [-0.05, 0) is 49.4 Å². The van der Waals surface area contributed by atoms with Crippen LogP contribution in [0.15, 0.2) is 40.8 Å². The molecule has 0 amide bonds. The Morgan fingerprint density at radius 2 is 2.06 bits per heavy atom. The summed E-state index contributed by atoms with van der Waals surface area (Å²) in [6.07, 6.45) is 1.50. The molecule has 5 heteroatoms. The van der Waals surface area contributed by atoms with E-state index in [4.69, 9.17) is 0 Å². The minimum atomic E-state index is 0.758. The zero-order chi connectivity index (χ0) is 12.5. The Bertz CT molecular complexity index is 692. The Hall–Kier alpha value is -1.88. The summed E-state index contributed by atoms with van der Waals surface area (Å²) in [6.45, 7) is 4.20. The van der Waals surface area contributed by atoms with E-state index >= 15 is 0 Å². The van der Waals surface area contributed by atoms with Gasteiger partial charge in [-0.25, -0.2) is 9.97 Å². The van der Waals surface area contributed by atoms with Crippen molar-refractivity contribution in [3.63, 3.8) is 0 Å². The Morgan fingerprint density at radius 1 is 1.17 bits per heavy atom. The number of hydrogen-bond donors (Lipinski definition) is 1. The number of aryl methyl sites for hydroxylation is 2. The largest absolute Gasteiger partial charge is 0.254 e. The van der Waals surface area contributed by atoms with E-state index in [0.717, 1.165) is 15.7 Å². The highest BCUT2D eigenvalue weighted by Gasteiger charge is 2.06. The van der Waals surface area contributed by atoms with Gasteiger partial charge < -0.3 is 0 Å². The molecule has 18 heavy (non-hydrogen) atoms. The van der Waals surface area contributed by atoms with Crippen molar-refractivity contribution in [1.82, 2.24) is 20.2 Å². The minimum absolute atomic E-state index is 0.758. The monoisotopic (exact) mass is 256 g/mol. The highest BCUT2D eigenvalue weighted by molar-refractivity contribution is 7.99. The Kier molecular flexibility index (Phi) is 2.76. The molecule has 2 heterocycles. The maximum Gasteiger partial charge on any atom is 0.189 e. The predicted octanol–water partition coefficient (Wildman–Crippen LogP) is 3.12. The highest BCUT2D eigenvalue weighted by Crippen LogP contribution is 2.27.